The lowest BCUT2D eigenvalue weighted by Crippen LogP contribution is -2.16. The monoisotopic (exact) mass is 518 g/mol. The largest absolute Gasteiger partial charge is 0.494 e. The Morgan fingerprint density at radius 3 is 2.39 bits per heavy atom. The van der Waals surface area contributed by atoms with E-state index in [9.17, 15) is 17.4 Å². The summed E-state index contributed by atoms with van der Waals surface area (Å²) >= 11 is 0. The average Bonchev–Trinajstić information content (AvgIpc) is 3.56. The lowest BCUT2D eigenvalue weighted by molar-refractivity contribution is -0.0384. The highest BCUT2D eigenvalue weighted by molar-refractivity contribution is 7.86. The number of hydrogen-bond donors (Lipinski definition) is 0. The van der Waals surface area contributed by atoms with E-state index in [4.69, 9.17) is 13.9 Å². The fourth-order valence-electron chi connectivity index (χ4n) is 3.03. The summed E-state index contributed by atoms with van der Waals surface area (Å²) in [6.07, 6.45) is 8.90. The highest BCUT2D eigenvalue weighted by Crippen LogP contribution is 2.26. The number of alkyl halides is 3. The quantitative estimate of drug-likeness (QED) is 0.255. The van der Waals surface area contributed by atoms with Crippen molar-refractivity contribution >= 4 is 23.0 Å². The number of nitrogens with zero attached hydrogens (tertiary/aromatic N) is 4. The van der Waals surface area contributed by atoms with Crippen LogP contribution >= 0.6 is 0 Å². The second kappa shape index (κ2) is 11.7. The summed E-state index contributed by atoms with van der Waals surface area (Å²) in [7, 11) is -3.05. The minimum Gasteiger partial charge on any atom is -0.494 e. The van der Waals surface area contributed by atoms with Gasteiger partial charge < -0.3 is 13.9 Å². The van der Waals surface area contributed by atoms with Crippen molar-refractivity contribution in [1.29, 1.82) is 0 Å². The molecule has 0 saturated carbocycles. The lowest BCUT2D eigenvalue weighted by Gasteiger charge is -2.08. The fraction of sp³-hybridized carbons (Fsp3) is 0.208. The molecule has 4 rings (SSSR count). The Morgan fingerprint density at radius 1 is 1.00 bits per heavy atom. The molecule has 2 aromatic carbocycles. The van der Waals surface area contributed by atoms with E-state index in [0.717, 1.165) is 18.7 Å². The first-order valence-corrected chi connectivity index (χ1v) is 11.9. The predicted molar refractivity (Wildman–Crippen MR) is 125 cm³/mol. The molecule has 0 N–H and O–H groups in total. The summed E-state index contributed by atoms with van der Waals surface area (Å²) in [6.45, 7) is 1.46. The van der Waals surface area contributed by atoms with E-state index in [-0.39, 0.29) is 11.5 Å². The van der Waals surface area contributed by atoms with Crippen LogP contribution in [0.2, 0.25) is 0 Å². The van der Waals surface area contributed by atoms with Crippen molar-refractivity contribution in [2.45, 2.75) is 30.0 Å². The van der Waals surface area contributed by atoms with Gasteiger partial charge in [-0.25, -0.2) is 9.19 Å². The molecule has 0 saturated heterocycles. The summed E-state index contributed by atoms with van der Waals surface area (Å²) in [5, 5.41) is 7.65. The lowest BCUT2D eigenvalue weighted by atomic mass is 10.2. The summed E-state index contributed by atoms with van der Waals surface area (Å²) in [4.78, 5) is 3.99. The van der Waals surface area contributed by atoms with Gasteiger partial charge in [0, 0.05) is 30.1 Å². The molecule has 0 aliphatic carbocycles. The summed E-state index contributed by atoms with van der Waals surface area (Å²) in [6, 6.07) is 12.4. The van der Waals surface area contributed by atoms with Gasteiger partial charge in [0.25, 0.3) is 0 Å². The number of aromatic nitrogens is 4. The van der Waals surface area contributed by atoms with Crippen molar-refractivity contribution in [2.75, 3.05) is 6.61 Å². The molecular formula is C24H21F3N4O4S. The van der Waals surface area contributed by atoms with Gasteiger partial charge in [-0.3, -0.25) is 4.68 Å². The van der Waals surface area contributed by atoms with E-state index >= 15 is 0 Å². The van der Waals surface area contributed by atoms with E-state index in [2.05, 4.69) is 15.3 Å². The van der Waals surface area contributed by atoms with Crippen LogP contribution in [0.1, 0.15) is 23.6 Å². The van der Waals surface area contributed by atoms with Gasteiger partial charge in [-0.1, -0.05) is 17.3 Å². The Bertz CT molecular complexity index is 1290. The van der Waals surface area contributed by atoms with Gasteiger partial charge in [0.1, 0.15) is 30.1 Å². The van der Waals surface area contributed by atoms with Crippen LogP contribution in [0.3, 0.4) is 0 Å². The van der Waals surface area contributed by atoms with Crippen LogP contribution in [0.4, 0.5) is 13.2 Å². The van der Waals surface area contributed by atoms with Crippen molar-refractivity contribution < 1.29 is 31.3 Å². The van der Waals surface area contributed by atoms with E-state index in [1.54, 1.807) is 41.4 Å². The first-order chi connectivity index (χ1) is 17.4. The number of hydrogen-bond acceptors (Lipinski definition) is 7. The van der Waals surface area contributed by atoms with Crippen LogP contribution in [0, 0.1) is 0 Å². The fourth-order valence-corrected chi connectivity index (χ4v) is 3.68. The van der Waals surface area contributed by atoms with Crippen LogP contribution in [-0.2, 0) is 24.0 Å². The van der Waals surface area contributed by atoms with E-state index < -0.39 is 16.3 Å². The maximum atomic E-state index is 12.5. The van der Waals surface area contributed by atoms with Crippen LogP contribution in [0.25, 0.3) is 12.2 Å². The van der Waals surface area contributed by atoms with Crippen LogP contribution in [0.15, 0.2) is 76.5 Å². The minimum absolute atomic E-state index is 0.188. The number of oxazole rings is 1. The molecule has 2 heterocycles. The number of halogens is 3. The third-order valence-corrected chi connectivity index (χ3v) is 5.90. The molecular weight excluding hydrogens is 497 g/mol. The van der Waals surface area contributed by atoms with Gasteiger partial charge in [-0.15, -0.1) is 5.10 Å². The highest BCUT2D eigenvalue weighted by Gasteiger charge is 2.37. The maximum Gasteiger partial charge on any atom is 0.475 e. The van der Waals surface area contributed by atoms with Gasteiger partial charge in [0.05, 0.1) is 12.8 Å². The molecule has 8 nitrogen and oxygen atoms in total. The molecule has 0 fully saturated rings. The van der Waals surface area contributed by atoms with Crippen LogP contribution in [0.5, 0.6) is 11.5 Å². The van der Waals surface area contributed by atoms with Crippen molar-refractivity contribution in [2.24, 2.45) is 0 Å². The van der Waals surface area contributed by atoms with Crippen LogP contribution < -0.4 is 9.47 Å². The molecule has 0 aliphatic heterocycles. The molecule has 12 heteroatoms. The number of benzene rings is 2. The number of aryl methyl sites for hydroxylation is 1. The summed E-state index contributed by atoms with van der Waals surface area (Å²) in [5.41, 5.74) is -3.61. The van der Waals surface area contributed by atoms with Gasteiger partial charge in [-0.2, -0.15) is 13.2 Å². The molecule has 2 aromatic heterocycles. The SMILES string of the molecule is O=S(c1ccc(/C=C/c2nc(COc3ccc(OCCCn4ccnn4)cc3)co2)cc1)C(F)(F)F. The van der Waals surface area contributed by atoms with Gasteiger partial charge in [0.15, 0.2) is 10.8 Å². The Hall–Kier alpha value is -3.93. The third-order valence-electron chi connectivity index (χ3n) is 4.77. The van der Waals surface area contributed by atoms with Gasteiger partial charge in [0.2, 0.25) is 5.89 Å². The van der Waals surface area contributed by atoms with Crippen molar-refractivity contribution in [3.8, 4) is 11.5 Å². The van der Waals surface area contributed by atoms with Crippen molar-refractivity contribution in [3.63, 3.8) is 0 Å². The maximum absolute atomic E-state index is 12.5. The molecule has 1 unspecified atom stereocenters. The Balaban J connectivity index is 1.22. The summed E-state index contributed by atoms with van der Waals surface area (Å²) < 4.78 is 67.5. The van der Waals surface area contributed by atoms with Crippen molar-refractivity contribution in [3.05, 3.63) is 84.3 Å². The molecule has 1 atom stereocenters. The number of rotatable bonds is 11. The molecule has 0 radical (unpaired) electrons. The smallest absolute Gasteiger partial charge is 0.475 e. The first-order valence-electron chi connectivity index (χ1n) is 10.8. The van der Waals surface area contributed by atoms with E-state index in [1.807, 2.05) is 12.1 Å². The third kappa shape index (κ3) is 7.28. The molecule has 0 spiro atoms. The van der Waals surface area contributed by atoms with Crippen molar-refractivity contribution in [1.82, 2.24) is 20.0 Å². The van der Waals surface area contributed by atoms with E-state index in [1.165, 1.54) is 30.5 Å². The highest BCUT2D eigenvalue weighted by atomic mass is 32.2. The first kappa shape index (κ1) is 25.2. The Morgan fingerprint density at radius 2 is 1.72 bits per heavy atom. The zero-order chi connectivity index (χ0) is 25.4. The van der Waals surface area contributed by atoms with Gasteiger partial charge in [-0.05, 0) is 48.0 Å². The molecule has 36 heavy (non-hydrogen) atoms. The number of ether oxygens (including phenoxy) is 2. The topological polar surface area (TPSA) is 92.3 Å². The molecule has 188 valence electrons. The van der Waals surface area contributed by atoms with E-state index in [0.29, 0.717) is 29.5 Å². The minimum atomic E-state index is -4.79. The normalized spacial score (nSPS) is 12.6. The van der Waals surface area contributed by atoms with Gasteiger partial charge >= 0.3 is 5.51 Å². The molecule has 0 bridgehead atoms. The molecule has 0 amide bonds. The predicted octanol–water partition coefficient (Wildman–Crippen LogP) is 5.11. The zero-order valence-corrected chi connectivity index (χ0v) is 19.6. The molecule has 0 aliphatic rings. The average molecular weight is 519 g/mol. The second-order valence-electron chi connectivity index (χ2n) is 7.42. The second-order valence-corrected chi connectivity index (χ2v) is 8.89. The Labute approximate surface area is 206 Å². The summed E-state index contributed by atoms with van der Waals surface area (Å²) in [5.74, 6) is 1.68. The van der Waals surface area contributed by atoms with Crippen LogP contribution in [-0.4, -0.2) is 36.3 Å². The standard InChI is InChI=1S/C24H21F3N4O4S/c25-24(26,27)36(32)22-9-2-18(3-10-22)4-11-23-29-19(17-35-23)16-34-21-7-5-20(6-8-21)33-15-1-13-31-14-12-28-30-31/h2-12,14,17H,1,13,15-16H2/b11-4+. The Kier molecular flexibility index (Phi) is 8.16. The molecule has 4 aromatic rings. The zero-order valence-electron chi connectivity index (χ0n) is 18.8.